The molecule has 0 bridgehead atoms. The average Bonchev–Trinajstić information content (AvgIpc) is 2.51. The van der Waals surface area contributed by atoms with Crippen LogP contribution < -0.4 is 5.32 Å². The molecule has 1 saturated heterocycles. The molecule has 0 radical (unpaired) electrons. The first-order valence-electron chi connectivity index (χ1n) is 8.70. The third-order valence-electron chi connectivity index (χ3n) is 4.34. The second kappa shape index (κ2) is 9.53. The number of carbonyl (C=O) groups is 3. The van der Waals surface area contributed by atoms with Crippen LogP contribution in [0.15, 0.2) is 0 Å². The van der Waals surface area contributed by atoms with Gasteiger partial charge in [-0.2, -0.15) is 0 Å². The molecule has 4 amide bonds. The highest BCUT2D eigenvalue weighted by molar-refractivity contribution is 5.95. The summed E-state index contributed by atoms with van der Waals surface area (Å²) in [6.45, 7) is 9.88. The van der Waals surface area contributed by atoms with E-state index in [1.165, 1.54) is 6.92 Å². The average molecular weight is 325 g/mol. The highest BCUT2D eigenvalue weighted by Gasteiger charge is 2.26. The third-order valence-corrected chi connectivity index (χ3v) is 4.34. The lowest BCUT2D eigenvalue weighted by molar-refractivity contribution is -0.130. The van der Waals surface area contributed by atoms with Crippen molar-refractivity contribution in [3.63, 3.8) is 0 Å². The predicted molar refractivity (Wildman–Crippen MR) is 89.8 cm³/mol. The van der Waals surface area contributed by atoms with Crippen LogP contribution in [0.25, 0.3) is 0 Å². The standard InChI is InChI=1S/C17H31N3O3/c1-5-6-15(8-7-13(2)3)16(22)18-17(23)20-11-9-19(10-12-20)14(4)21/h13,15H,5-12H2,1-4H3,(H,18,22,23)/t15-/m0/s1. The van der Waals surface area contributed by atoms with Crippen molar-refractivity contribution < 1.29 is 14.4 Å². The number of rotatable bonds is 6. The Morgan fingerprint density at radius 2 is 1.52 bits per heavy atom. The summed E-state index contributed by atoms with van der Waals surface area (Å²) < 4.78 is 0. The topological polar surface area (TPSA) is 69.7 Å². The molecule has 6 heteroatoms. The van der Waals surface area contributed by atoms with Gasteiger partial charge in [0.25, 0.3) is 0 Å². The summed E-state index contributed by atoms with van der Waals surface area (Å²) >= 11 is 0. The van der Waals surface area contributed by atoms with E-state index in [-0.39, 0.29) is 23.8 Å². The van der Waals surface area contributed by atoms with E-state index in [1.807, 2.05) is 0 Å². The normalized spacial score (nSPS) is 16.4. The van der Waals surface area contributed by atoms with Crippen LogP contribution in [0.3, 0.4) is 0 Å². The van der Waals surface area contributed by atoms with E-state index in [9.17, 15) is 14.4 Å². The van der Waals surface area contributed by atoms with Crippen molar-refractivity contribution in [1.82, 2.24) is 15.1 Å². The van der Waals surface area contributed by atoms with Crippen molar-refractivity contribution >= 4 is 17.8 Å². The highest BCUT2D eigenvalue weighted by Crippen LogP contribution is 2.17. The number of amides is 4. The molecule has 0 aromatic carbocycles. The van der Waals surface area contributed by atoms with E-state index in [2.05, 4.69) is 26.1 Å². The molecular formula is C17H31N3O3. The molecule has 23 heavy (non-hydrogen) atoms. The van der Waals surface area contributed by atoms with E-state index in [0.717, 1.165) is 25.7 Å². The number of carbonyl (C=O) groups excluding carboxylic acids is 3. The van der Waals surface area contributed by atoms with E-state index in [0.29, 0.717) is 32.1 Å². The number of urea groups is 1. The Morgan fingerprint density at radius 3 is 2.00 bits per heavy atom. The van der Waals surface area contributed by atoms with Gasteiger partial charge in [-0.3, -0.25) is 14.9 Å². The molecule has 0 saturated carbocycles. The van der Waals surface area contributed by atoms with Gasteiger partial charge in [-0.25, -0.2) is 4.79 Å². The largest absolute Gasteiger partial charge is 0.339 e. The Bertz CT molecular complexity index is 415. The van der Waals surface area contributed by atoms with E-state index in [4.69, 9.17) is 0 Å². The summed E-state index contributed by atoms with van der Waals surface area (Å²) in [4.78, 5) is 39.2. The van der Waals surface area contributed by atoms with Crippen LogP contribution in [0.1, 0.15) is 53.4 Å². The van der Waals surface area contributed by atoms with Crippen LogP contribution in [0, 0.1) is 11.8 Å². The van der Waals surface area contributed by atoms with Crippen LogP contribution in [0.5, 0.6) is 0 Å². The number of nitrogens with zero attached hydrogens (tertiary/aromatic N) is 2. The summed E-state index contributed by atoms with van der Waals surface area (Å²) in [6.07, 6.45) is 3.55. The first kappa shape index (κ1) is 19.5. The lowest BCUT2D eigenvalue weighted by atomic mass is 9.93. The third kappa shape index (κ3) is 6.59. The van der Waals surface area contributed by atoms with Gasteiger partial charge in [0.2, 0.25) is 11.8 Å². The maximum atomic E-state index is 12.3. The molecule has 1 atom stereocenters. The zero-order chi connectivity index (χ0) is 17.4. The van der Waals surface area contributed by atoms with Crippen molar-refractivity contribution in [3.05, 3.63) is 0 Å². The molecule has 132 valence electrons. The monoisotopic (exact) mass is 325 g/mol. The SMILES string of the molecule is CCC[C@@H](CCC(C)C)C(=O)NC(=O)N1CCN(C(C)=O)CC1. The summed E-state index contributed by atoms with van der Waals surface area (Å²) in [7, 11) is 0. The number of nitrogens with one attached hydrogen (secondary N) is 1. The maximum absolute atomic E-state index is 12.3. The van der Waals surface area contributed by atoms with Gasteiger partial charge in [0.05, 0.1) is 0 Å². The first-order valence-corrected chi connectivity index (χ1v) is 8.70. The molecule has 1 rings (SSSR count). The van der Waals surface area contributed by atoms with Crippen molar-refractivity contribution in [3.8, 4) is 0 Å². The lowest BCUT2D eigenvalue weighted by Crippen LogP contribution is -2.54. The second-order valence-corrected chi connectivity index (χ2v) is 6.74. The van der Waals surface area contributed by atoms with Crippen molar-refractivity contribution in [1.29, 1.82) is 0 Å². The Morgan fingerprint density at radius 1 is 0.957 bits per heavy atom. The van der Waals surface area contributed by atoms with Gasteiger partial charge in [0, 0.05) is 39.0 Å². The summed E-state index contributed by atoms with van der Waals surface area (Å²) in [6, 6.07) is -0.330. The van der Waals surface area contributed by atoms with Crippen LogP contribution in [-0.4, -0.2) is 53.8 Å². The molecular weight excluding hydrogens is 294 g/mol. The molecule has 0 aromatic heterocycles. The summed E-state index contributed by atoms with van der Waals surface area (Å²) in [5.41, 5.74) is 0. The van der Waals surface area contributed by atoms with Crippen LogP contribution in [0.4, 0.5) is 4.79 Å². The summed E-state index contributed by atoms with van der Waals surface area (Å²) in [5, 5.41) is 2.55. The van der Waals surface area contributed by atoms with Crippen LogP contribution >= 0.6 is 0 Å². The van der Waals surface area contributed by atoms with E-state index in [1.54, 1.807) is 9.80 Å². The molecule has 0 spiro atoms. The zero-order valence-electron chi connectivity index (χ0n) is 14.9. The number of hydrogen-bond donors (Lipinski definition) is 1. The van der Waals surface area contributed by atoms with E-state index < -0.39 is 0 Å². The molecule has 6 nitrogen and oxygen atoms in total. The molecule has 1 fully saturated rings. The van der Waals surface area contributed by atoms with Crippen molar-refractivity contribution in [2.45, 2.75) is 53.4 Å². The quantitative estimate of drug-likeness (QED) is 0.814. The van der Waals surface area contributed by atoms with Gasteiger partial charge in [0.15, 0.2) is 0 Å². The van der Waals surface area contributed by atoms with Gasteiger partial charge in [-0.15, -0.1) is 0 Å². The molecule has 1 heterocycles. The van der Waals surface area contributed by atoms with Gasteiger partial charge >= 0.3 is 6.03 Å². The molecule has 0 aromatic rings. The van der Waals surface area contributed by atoms with E-state index >= 15 is 0 Å². The zero-order valence-corrected chi connectivity index (χ0v) is 14.9. The van der Waals surface area contributed by atoms with Crippen LogP contribution in [0.2, 0.25) is 0 Å². The van der Waals surface area contributed by atoms with Gasteiger partial charge in [0.1, 0.15) is 0 Å². The maximum Gasteiger partial charge on any atom is 0.324 e. The second-order valence-electron chi connectivity index (χ2n) is 6.74. The minimum Gasteiger partial charge on any atom is -0.339 e. The Hall–Kier alpha value is -1.59. The highest BCUT2D eigenvalue weighted by atomic mass is 16.2. The minimum atomic E-state index is -0.330. The first-order chi connectivity index (χ1) is 10.8. The fourth-order valence-corrected chi connectivity index (χ4v) is 2.80. The molecule has 0 aliphatic carbocycles. The van der Waals surface area contributed by atoms with Crippen LogP contribution in [-0.2, 0) is 9.59 Å². The number of hydrogen-bond acceptors (Lipinski definition) is 3. The minimum absolute atomic E-state index is 0.0258. The Kier molecular flexibility index (Phi) is 8.06. The molecule has 1 N–H and O–H groups in total. The van der Waals surface area contributed by atoms with Crippen molar-refractivity contribution in [2.24, 2.45) is 11.8 Å². The fourth-order valence-electron chi connectivity index (χ4n) is 2.80. The Labute approximate surface area is 139 Å². The molecule has 0 unspecified atom stereocenters. The lowest BCUT2D eigenvalue weighted by Gasteiger charge is -2.34. The van der Waals surface area contributed by atoms with Gasteiger partial charge in [-0.1, -0.05) is 33.6 Å². The number of piperazine rings is 1. The fraction of sp³-hybridized carbons (Fsp3) is 0.824. The molecule has 1 aliphatic rings. The Balaban J connectivity index is 2.47. The smallest absolute Gasteiger partial charge is 0.324 e. The predicted octanol–water partition coefficient (Wildman–Crippen LogP) is 2.24. The van der Waals surface area contributed by atoms with Gasteiger partial charge in [-0.05, 0) is 18.8 Å². The van der Waals surface area contributed by atoms with Crippen molar-refractivity contribution in [2.75, 3.05) is 26.2 Å². The van der Waals surface area contributed by atoms with Gasteiger partial charge < -0.3 is 9.80 Å². The molecule has 1 aliphatic heterocycles. The number of imide groups is 1. The summed E-state index contributed by atoms with van der Waals surface area (Å²) in [5.74, 6) is 0.326.